The predicted molar refractivity (Wildman–Crippen MR) is 105 cm³/mol. The Labute approximate surface area is 156 Å². The molecule has 0 radical (unpaired) electrons. The second-order valence-electron chi connectivity index (χ2n) is 6.37. The van der Waals surface area contributed by atoms with Crippen molar-refractivity contribution in [2.75, 3.05) is 10.6 Å². The predicted octanol–water partition coefficient (Wildman–Crippen LogP) is 4.70. The van der Waals surface area contributed by atoms with Crippen molar-refractivity contribution in [3.05, 3.63) is 70.2 Å². The quantitative estimate of drug-likeness (QED) is 0.482. The summed E-state index contributed by atoms with van der Waals surface area (Å²) in [7, 11) is 0. The number of aromatic nitrogens is 3. The van der Waals surface area contributed by atoms with Gasteiger partial charge in [-0.1, -0.05) is 32.0 Å². The highest BCUT2D eigenvalue weighted by molar-refractivity contribution is 5.76. The smallest absolute Gasteiger partial charge is 0.334 e. The van der Waals surface area contributed by atoms with Crippen LogP contribution < -0.4 is 10.6 Å². The van der Waals surface area contributed by atoms with Crippen LogP contribution in [0.2, 0.25) is 0 Å². The molecule has 0 amide bonds. The van der Waals surface area contributed by atoms with E-state index in [2.05, 4.69) is 39.4 Å². The van der Waals surface area contributed by atoms with Crippen molar-refractivity contribution < 1.29 is 4.92 Å². The van der Waals surface area contributed by atoms with E-state index in [4.69, 9.17) is 0 Å². The number of pyridine rings is 1. The van der Waals surface area contributed by atoms with Crippen molar-refractivity contribution in [1.29, 1.82) is 0 Å². The zero-order valence-corrected chi connectivity index (χ0v) is 15.3. The molecule has 0 aliphatic heterocycles. The van der Waals surface area contributed by atoms with Gasteiger partial charge in [0.05, 0.1) is 4.92 Å². The molecule has 0 atom stereocenters. The molecule has 0 aliphatic rings. The molecule has 2 heterocycles. The molecule has 27 heavy (non-hydrogen) atoms. The first-order chi connectivity index (χ1) is 12.9. The Balaban J connectivity index is 1.92. The summed E-state index contributed by atoms with van der Waals surface area (Å²) in [6, 6.07) is 13.1. The van der Waals surface area contributed by atoms with Crippen molar-refractivity contribution in [3.63, 3.8) is 0 Å². The van der Waals surface area contributed by atoms with Crippen LogP contribution in [-0.4, -0.2) is 19.9 Å². The largest absolute Gasteiger partial charge is 0.353 e. The summed E-state index contributed by atoms with van der Waals surface area (Å²) in [5, 5.41) is 17.6. The number of nitrogens with zero attached hydrogens (tertiary/aromatic N) is 4. The first-order valence-electron chi connectivity index (χ1n) is 8.51. The molecular weight excluding hydrogens is 344 g/mol. The van der Waals surface area contributed by atoms with Crippen molar-refractivity contribution in [2.24, 2.45) is 0 Å². The molecule has 0 saturated carbocycles. The molecule has 1 aromatic carbocycles. The summed E-state index contributed by atoms with van der Waals surface area (Å²) in [5.74, 6) is 1.07. The van der Waals surface area contributed by atoms with E-state index < -0.39 is 4.92 Å². The van der Waals surface area contributed by atoms with Gasteiger partial charge in [-0.3, -0.25) is 10.1 Å². The minimum atomic E-state index is -0.511. The Hall–Kier alpha value is -3.55. The summed E-state index contributed by atoms with van der Waals surface area (Å²) >= 11 is 0. The second kappa shape index (κ2) is 7.77. The number of nitrogens with one attached hydrogen (secondary N) is 2. The summed E-state index contributed by atoms with van der Waals surface area (Å²) in [6.45, 7) is 6.05. The van der Waals surface area contributed by atoms with Crippen LogP contribution in [0.25, 0.3) is 0 Å². The van der Waals surface area contributed by atoms with Crippen LogP contribution in [0, 0.1) is 17.0 Å². The number of hydrogen-bond acceptors (Lipinski definition) is 7. The lowest BCUT2D eigenvalue weighted by Gasteiger charge is -2.11. The van der Waals surface area contributed by atoms with Gasteiger partial charge in [-0.2, -0.15) is 0 Å². The zero-order chi connectivity index (χ0) is 19.4. The Morgan fingerprint density at radius 1 is 1.00 bits per heavy atom. The van der Waals surface area contributed by atoms with Gasteiger partial charge in [-0.05, 0) is 42.7 Å². The van der Waals surface area contributed by atoms with Crippen molar-refractivity contribution in [2.45, 2.75) is 26.7 Å². The maximum Gasteiger partial charge on any atom is 0.353 e. The molecule has 8 heteroatoms. The Morgan fingerprint density at radius 2 is 1.67 bits per heavy atom. The average molecular weight is 364 g/mol. The number of rotatable bonds is 6. The van der Waals surface area contributed by atoms with E-state index in [9.17, 15) is 10.1 Å². The van der Waals surface area contributed by atoms with Gasteiger partial charge in [0.2, 0.25) is 11.6 Å². The van der Waals surface area contributed by atoms with Crippen LogP contribution in [0.15, 0.2) is 48.8 Å². The molecule has 2 aromatic heterocycles. The second-order valence-corrected chi connectivity index (χ2v) is 6.37. The highest BCUT2D eigenvalue weighted by Gasteiger charge is 2.23. The molecule has 0 saturated heterocycles. The van der Waals surface area contributed by atoms with Crippen molar-refractivity contribution >= 4 is 28.8 Å². The molecule has 3 rings (SSSR count). The number of hydrogen-bond donors (Lipinski definition) is 2. The number of benzene rings is 1. The monoisotopic (exact) mass is 364 g/mol. The first-order valence-corrected chi connectivity index (χ1v) is 8.51. The van der Waals surface area contributed by atoms with Gasteiger partial charge in [0.15, 0.2) is 0 Å². The van der Waals surface area contributed by atoms with Crippen LogP contribution in [0.5, 0.6) is 0 Å². The van der Waals surface area contributed by atoms with Crippen LogP contribution >= 0.6 is 0 Å². The minimum absolute atomic E-state index is 0.0781. The van der Waals surface area contributed by atoms with Crippen LogP contribution in [0.4, 0.5) is 28.8 Å². The lowest BCUT2D eigenvalue weighted by molar-refractivity contribution is -0.383. The lowest BCUT2D eigenvalue weighted by Crippen LogP contribution is -2.06. The molecule has 2 N–H and O–H groups in total. The fraction of sp³-hybridized carbons (Fsp3) is 0.211. The van der Waals surface area contributed by atoms with Gasteiger partial charge >= 0.3 is 5.69 Å². The van der Waals surface area contributed by atoms with E-state index in [0.29, 0.717) is 17.4 Å². The average Bonchev–Trinajstić information content (AvgIpc) is 2.62. The molecule has 3 aromatic rings. The highest BCUT2D eigenvalue weighted by Crippen LogP contribution is 2.32. The summed E-state index contributed by atoms with van der Waals surface area (Å²) in [5.41, 5.74) is 2.44. The normalized spacial score (nSPS) is 10.7. The van der Waals surface area contributed by atoms with Crippen LogP contribution in [-0.2, 0) is 0 Å². The van der Waals surface area contributed by atoms with E-state index in [1.807, 2.05) is 43.3 Å². The molecular formula is C19H20N6O2. The van der Waals surface area contributed by atoms with E-state index in [0.717, 1.165) is 5.69 Å². The third-order valence-electron chi connectivity index (χ3n) is 3.98. The van der Waals surface area contributed by atoms with Crippen LogP contribution in [0.1, 0.15) is 31.0 Å². The summed E-state index contributed by atoms with van der Waals surface area (Å²) in [6.07, 6.45) is 1.27. The molecule has 0 fully saturated rings. The first kappa shape index (κ1) is 18.2. The lowest BCUT2D eigenvalue weighted by atomic mass is 10.0. The van der Waals surface area contributed by atoms with Crippen LogP contribution in [0.3, 0.4) is 0 Å². The Kier molecular flexibility index (Phi) is 5.25. The van der Waals surface area contributed by atoms with Gasteiger partial charge in [-0.25, -0.2) is 15.0 Å². The van der Waals surface area contributed by atoms with Crippen molar-refractivity contribution in [1.82, 2.24) is 15.0 Å². The maximum absolute atomic E-state index is 11.7. The SMILES string of the molecule is Cc1cccc(Nc2ncnc(Nc3ccc(C(C)C)cc3)c2[N+](=O)[O-])n1. The zero-order valence-electron chi connectivity index (χ0n) is 15.3. The minimum Gasteiger partial charge on any atom is -0.334 e. The third kappa shape index (κ3) is 4.35. The number of nitro groups is 1. The van der Waals surface area contributed by atoms with E-state index in [-0.39, 0.29) is 17.3 Å². The van der Waals surface area contributed by atoms with E-state index in [1.54, 1.807) is 6.07 Å². The molecule has 0 unspecified atom stereocenters. The third-order valence-corrected chi connectivity index (χ3v) is 3.98. The van der Waals surface area contributed by atoms with Gasteiger partial charge in [0.1, 0.15) is 12.1 Å². The highest BCUT2D eigenvalue weighted by atomic mass is 16.6. The van der Waals surface area contributed by atoms with Gasteiger partial charge in [-0.15, -0.1) is 0 Å². The Bertz CT molecular complexity index is 957. The fourth-order valence-corrected chi connectivity index (χ4v) is 2.56. The van der Waals surface area contributed by atoms with Gasteiger partial charge in [0, 0.05) is 11.4 Å². The summed E-state index contributed by atoms with van der Waals surface area (Å²) < 4.78 is 0. The fourth-order valence-electron chi connectivity index (χ4n) is 2.56. The standard InChI is InChI=1S/C19H20N6O2/c1-12(2)14-7-9-15(10-8-14)23-18-17(25(26)27)19(21-11-20-18)24-16-6-4-5-13(3)22-16/h4-12H,1-3H3,(H2,20,21,22,23,24). The molecule has 0 bridgehead atoms. The molecule has 0 aliphatic carbocycles. The van der Waals surface area contributed by atoms with E-state index >= 15 is 0 Å². The molecule has 8 nitrogen and oxygen atoms in total. The Morgan fingerprint density at radius 3 is 2.26 bits per heavy atom. The maximum atomic E-state index is 11.7. The van der Waals surface area contributed by atoms with Gasteiger partial charge in [0.25, 0.3) is 0 Å². The molecule has 138 valence electrons. The summed E-state index contributed by atoms with van der Waals surface area (Å²) in [4.78, 5) is 23.5. The van der Waals surface area contributed by atoms with Crippen molar-refractivity contribution in [3.8, 4) is 0 Å². The van der Waals surface area contributed by atoms with E-state index in [1.165, 1.54) is 11.9 Å². The number of aryl methyl sites for hydroxylation is 1. The molecule has 0 spiro atoms. The van der Waals surface area contributed by atoms with Gasteiger partial charge < -0.3 is 10.6 Å². The topological polar surface area (TPSA) is 106 Å². The number of anilines is 4.